The van der Waals surface area contributed by atoms with Gasteiger partial charge in [0.15, 0.2) is 0 Å². The van der Waals surface area contributed by atoms with Gasteiger partial charge in [0, 0.05) is 44.5 Å². The summed E-state index contributed by atoms with van der Waals surface area (Å²) in [6.07, 6.45) is 2.84. The van der Waals surface area contributed by atoms with E-state index in [1.807, 2.05) is 32.2 Å². The number of aromatic nitrogens is 1. The number of urea groups is 1. The zero-order valence-corrected chi connectivity index (χ0v) is 12.8. The molecule has 1 atom stereocenters. The van der Waals surface area contributed by atoms with Crippen molar-refractivity contribution in [3.63, 3.8) is 0 Å². The number of nitrogens with zero attached hydrogens (tertiary/aromatic N) is 2. The lowest BCUT2D eigenvalue weighted by atomic mass is 10.2. The molecule has 0 unspecified atom stereocenters. The molecule has 1 aromatic heterocycles. The number of ether oxygens (including phenoxy) is 1. The van der Waals surface area contributed by atoms with Crippen LogP contribution >= 0.6 is 0 Å². The van der Waals surface area contributed by atoms with Gasteiger partial charge in [0.1, 0.15) is 0 Å². The lowest BCUT2D eigenvalue weighted by molar-refractivity contribution is 0.236. The van der Waals surface area contributed by atoms with E-state index in [1.165, 1.54) is 0 Å². The summed E-state index contributed by atoms with van der Waals surface area (Å²) in [5.41, 5.74) is 1.16. The van der Waals surface area contributed by atoms with Gasteiger partial charge in [0.05, 0.1) is 6.61 Å². The van der Waals surface area contributed by atoms with Crippen LogP contribution < -0.4 is 15.4 Å². The molecule has 0 radical (unpaired) electrons. The standard InChI is InChI=1S/C15H24N4O2/c1-3-16-15(20)18-13-7-8-19(11-13)10-12-5-6-14(17-9-12)21-4-2/h5-6,9,13H,3-4,7-8,10-11H2,1-2H3,(H2,16,18,20)/t13-/m1/s1. The van der Waals surface area contributed by atoms with Crippen molar-refractivity contribution in [2.75, 3.05) is 26.2 Å². The second-order valence-electron chi connectivity index (χ2n) is 5.16. The molecule has 6 nitrogen and oxygen atoms in total. The molecule has 0 spiro atoms. The zero-order chi connectivity index (χ0) is 15.1. The minimum atomic E-state index is -0.0768. The average molecular weight is 292 g/mol. The molecule has 116 valence electrons. The monoisotopic (exact) mass is 292 g/mol. The Hall–Kier alpha value is -1.82. The molecular weight excluding hydrogens is 268 g/mol. The molecule has 1 fully saturated rings. The van der Waals surface area contributed by atoms with Crippen LogP contribution in [-0.4, -0.2) is 48.2 Å². The quantitative estimate of drug-likeness (QED) is 0.831. The van der Waals surface area contributed by atoms with Gasteiger partial charge in [-0.1, -0.05) is 6.07 Å². The first-order chi connectivity index (χ1) is 10.2. The van der Waals surface area contributed by atoms with Crippen LogP contribution in [-0.2, 0) is 6.54 Å². The van der Waals surface area contributed by atoms with Crippen LogP contribution in [0, 0.1) is 0 Å². The van der Waals surface area contributed by atoms with Gasteiger partial charge in [-0.05, 0) is 25.8 Å². The summed E-state index contributed by atoms with van der Waals surface area (Å²) in [6, 6.07) is 4.10. The predicted molar refractivity (Wildman–Crippen MR) is 81.3 cm³/mol. The predicted octanol–water partition coefficient (Wildman–Crippen LogP) is 1.37. The Labute approximate surface area is 125 Å². The van der Waals surface area contributed by atoms with E-state index in [1.54, 1.807) is 0 Å². The van der Waals surface area contributed by atoms with Crippen molar-refractivity contribution >= 4 is 6.03 Å². The van der Waals surface area contributed by atoms with Crippen molar-refractivity contribution in [3.8, 4) is 5.88 Å². The lowest BCUT2D eigenvalue weighted by Crippen LogP contribution is -2.43. The Bertz CT molecular complexity index is 449. The van der Waals surface area contributed by atoms with Crippen molar-refractivity contribution in [2.24, 2.45) is 0 Å². The fraction of sp³-hybridized carbons (Fsp3) is 0.600. The Morgan fingerprint density at radius 3 is 3.00 bits per heavy atom. The molecule has 2 rings (SSSR count). The van der Waals surface area contributed by atoms with Crippen LogP contribution in [0.5, 0.6) is 5.88 Å². The summed E-state index contributed by atoms with van der Waals surface area (Å²) in [4.78, 5) is 18.1. The number of hydrogen-bond acceptors (Lipinski definition) is 4. The highest BCUT2D eigenvalue weighted by Gasteiger charge is 2.23. The second kappa shape index (κ2) is 7.83. The van der Waals surface area contributed by atoms with Crippen LogP contribution in [0.3, 0.4) is 0 Å². The fourth-order valence-corrected chi connectivity index (χ4v) is 2.49. The molecular formula is C15H24N4O2. The maximum absolute atomic E-state index is 11.5. The third kappa shape index (κ3) is 4.90. The number of pyridine rings is 1. The highest BCUT2D eigenvalue weighted by molar-refractivity contribution is 5.74. The van der Waals surface area contributed by atoms with Gasteiger partial charge < -0.3 is 15.4 Å². The van der Waals surface area contributed by atoms with E-state index in [-0.39, 0.29) is 12.1 Å². The first-order valence-electron chi connectivity index (χ1n) is 7.55. The molecule has 1 aromatic rings. The molecule has 6 heteroatoms. The smallest absolute Gasteiger partial charge is 0.315 e. The van der Waals surface area contributed by atoms with Crippen LogP contribution in [0.4, 0.5) is 4.79 Å². The molecule has 0 saturated carbocycles. The molecule has 0 aromatic carbocycles. The van der Waals surface area contributed by atoms with Gasteiger partial charge in [0.25, 0.3) is 0 Å². The maximum Gasteiger partial charge on any atom is 0.315 e. The topological polar surface area (TPSA) is 66.5 Å². The summed E-state index contributed by atoms with van der Waals surface area (Å²) < 4.78 is 5.34. The highest BCUT2D eigenvalue weighted by atomic mass is 16.5. The van der Waals surface area contributed by atoms with Crippen molar-refractivity contribution < 1.29 is 9.53 Å². The molecule has 2 N–H and O–H groups in total. The van der Waals surface area contributed by atoms with Gasteiger partial charge in [-0.15, -0.1) is 0 Å². The van der Waals surface area contributed by atoms with E-state index in [0.717, 1.165) is 31.6 Å². The van der Waals surface area contributed by atoms with Crippen molar-refractivity contribution in [3.05, 3.63) is 23.9 Å². The number of likely N-dealkylation sites (tertiary alicyclic amines) is 1. The molecule has 1 aliphatic rings. The first kappa shape index (κ1) is 15.6. The fourth-order valence-electron chi connectivity index (χ4n) is 2.49. The van der Waals surface area contributed by atoms with E-state index in [4.69, 9.17) is 4.74 Å². The van der Waals surface area contributed by atoms with E-state index < -0.39 is 0 Å². The number of hydrogen-bond donors (Lipinski definition) is 2. The molecule has 2 heterocycles. The number of carbonyl (C=O) groups excluding carboxylic acids is 1. The summed E-state index contributed by atoms with van der Waals surface area (Å²) in [7, 11) is 0. The van der Waals surface area contributed by atoms with Crippen LogP contribution in [0.25, 0.3) is 0 Å². The van der Waals surface area contributed by atoms with Gasteiger partial charge in [-0.2, -0.15) is 0 Å². The Balaban J connectivity index is 1.78. The van der Waals surface area contributed by atoms with Crippen molar-refractivity contribution in [1.82, 2.24) is 20.5 Å². The van der Waals surface area contributed by atoms with Crippen molar-refractivity contribution in [2.45, 2.75) is 32.9 Å². The molecule has 0 bridgehead atoms. The highest BCUT2D eigenvalue weighted by Crippen LogP contribution is 2.14. The normalized spacial score (nSPS) is 18.5. The number of nitrogens with one attached hydrogen (secondary N) is 2. The van der Waals surface area contributed by atoms with Gasteiger partial charge in [-0.3, -0.25) is 4.90 Å². The summed E-state index contributed by atoms with van der Waals surface area (Å²) in [6.45, 7) is 7.87. The number of carbonyl (C=O) groups is 1. The summed E-state index contributed by atoms with van der Waals surface area (Å²) in [5, 5.41) is 5.76. The van der Waals surface area contributed by atoms with Gasteiger partial charge in [0.2, 0.25) is 5.88 Å². The Kier molecular flexibility index (Phi) is 5.80. The SMILES string of the molecule is CCNC(=O)N[C@@H]1CCN(Cc2ccc(OCC)nc2)C1. The van der Waals surface area contributed by atoms with Crippen LogP contribution in [0.15, 0.2) is 18.3 Å². The minimum absolute atomic E-state index is 0.0768. The Morgan fingerprint density at radius 1 is 1.48 bits per heavy atom. The summed E-state index contributed by atoms with van der Waals surface area (Å²) >= 11 is 0. The molecule has 1 aliphatic heterocycles. The van der Waals surface area contributed by atoms with Gasteiger partial charge >= 0.3 is 6.03 Å². The van der Waals surface area contributed by atoms with Crippen LogP contribution in [0.1, 0.15) is 25.8 Å². The molecule has 21 heavy (non-hydrogen) atoms. The third-order valence-corrected chi connectivity index (χ3v) is 3.44. The van der Waals surface area contributed by atoms with Crippen LogP contribution in [0.2, 0.25) is 0 Å². The van der Waals surface area contributed by atoms with E-state index in [0.29, 0.717) is 19.0 Å². The number of rotatable bonds is 6. The number of amides is 2. The largest absolute Gasteiger partial charge is 0.478 e. The summed E-state index contributed by atoms with van der Waals surface area (Å²) in [5.74, 6) is 0.665. The molecule has 2 amide bonds. The maximum atomic E-state index is 11.5. The van der Waals surface area contributed by atoms with Crippen molar-refractivity contribution in [1.29, 1.82) is 0 Å². The second-order valence-corrected chi connectivity index (χ2v) is 5.16. The van der Waals surface area contributed by atoms with E-state index in [2.05, 4.69) is 20.5 Å². The first-order valence-corrected chi connectivity index (χ1v) is 7.55. The lowest BCUT2D eigenvalue weighted by Gasteiger charge is -2.17. The Morgan fingerprint density at radius 2 is 2.33 bits per heavy atom. The average Bonchev–Trinajstić information content (AvgIpc) is 2.89. The minimum Gasteiger partial charge on any atom is -0.478 e. The van der Waals surface area contributed by atoms with E-state index >= 15 is 0 Å². The zero-order valence-electron chi connectivity index (χ0n) is 12.8. The molecule has 1 saturated heterocycles. The molecule has 0 aliphatic carbocycles. The van der Waals surface area contributed by atoms with Gasteiger partial charge in [-0.25, -0.2) is 9.78 Å². The third-order valence-electron chi connectivity index (χ3n) is 3.44. The van der Waals surface area contributed by atoms with E-state index in [9.17, 15) is 4.79 Å².